The molecule has 2 heterocycles. The molecule has 0 unspecified atom stereocenters. The van der Waals surface area contributed by atoms with Crippen LogP contribution in [-0.2, 0) is 22.6 Å². The van der Waals surface area contributed by atoms with E-state index in [-0.39, 0.29) is 18.9 Å². The lowest BCUT2D eigenvalue weighted by atomic mass is 10.0. The molecule has 4 rings (SSSR count). The van der Waals surface area contributed by atoms with Crippen molar-refractivity contribution in [3.05, 3.63) is 52.5 Å². The fraction of sp³-hybridized carbons (Fsp3) is 0.111. The van der Waals surface area contributed by atoms with Gasteiger partial charge in [0.2, 0.25) is 5.91 Å². The highest BCUT2D eigenvalue weighted by atomic mass is 79.9. The molecule has 0 saturated carbocycles. The minimum atomic E-state index is -0.918. The highest BCUT2D eigenvalue weighted by molar-refractivity contribution is 9.10. The van der Waals surface area contributed by atoms with Crippen LogP contribution in [-0.4, -0.2) is 21.6 Å². The van der Waals surface area contributed by atoms with Gasteiger partial charge in [0, 0.05) is 20.9 Å². The minimum Gasteiger partial charge on any atom is -0.480 e. The van der Waals surface area contributed by atoms with Crippen LogP contribution in [0.25, 0.3) is 22.2 Å². The van der Waals surface area contributed by atoms with Crippen LogP contribution in [0.15, 0.2) is 46.9 Å². The van der Waals surface area contributed by atoms with E-state index in [0.29, 0.717) is 5.69 Å². The molecule has 0 atom stereocenters. The number of hydrogen-bond acceptors (Lipinski definition) is 2. The van der Waals surface area contributed by atoms with Crippen LogP contribution in [0.1, 0.15) is 5.56 Å². The highest BCUT2D eigenvalue weighted by Gasteiger charge is 2.26. The average molecular weight is 385 g/mol. The number of halogens is 1. The summed E-state index contributed by atoms with van der Waals surface area (Å²) in [5.41, 5.74) is 4.01. The molecule has 3 aromatic rings. The molecule has 120 valence electrons. The number of aromatic nitrogens is 1. The predicted molar refractivity (Wildman–Crippen MR) is 95.0 cm³/mol. The van der Waals surface area contributed by atoms with Crippen LogP contribution in [0.2, 0.25) is 0 Å². The Hall–Kier alpha value is -2.60. The first kappa shape index (κ1) is 15.0. The fourth-order valence-electron chi connectivity index (χ4n) is 3.34. The molecule has 24 heavy (non-hydrogen) atoms. The molecule has 2 aromatic carbocycles. The number of benzene rings is 2. The van der Waals surface area contributed by atoms with Gasteiger partial charge in [-0.1, -0.05) is 34.1 Å². The standard InChI is InChI=1S/C18H13BrN2O3/c19-10-5-6-15-12(7-10)13-8-16(22)20-14-4-2-1-3-11(14)18(13)21(15)9-17(23)24/h1-7H,8-9H2,(H,20,22)(H,23,24). The van der Waals surface area contributed by atoms with Gasteiger partial charge in [-0.2, -0.15) is 0 Å². The molecule has 0 bridgehead atoms. The second kappa shape index (κ2) is 5.49. The zero-order valence-electron chi connectivity index (χ0n) is 12.5. The maximum Gasteiger partial charge on any atom is 0.323 e. The predicted octanol–water partition coefficient (Wildman–Crippen LogP) is 3.65. The van der Waals surface area contributed by atoms with Gasteiger partial charge in [-0.25, -0.2) is 0 Å². The zero-order chi connectivity index (χ0) is 16.8. The number of hydrogen-bond donors (Lipinski definition) is 2. The summed E-state index contributed by atoms with van der Waals surface area (Å²) < 4.78 is 2.67. The van der Waals surface area contributed by atoms with Gasteiger partial charge in [-0.3, -0.25) is 9.59 Å². The van der Waals surface area contributed by atoms with Crippen molar-refractivity contribution < 1.29 is 14.7 Å². The summed E-state index contributed by atoms with van der Waals surface area (Å²) >= 11 is 3.46. The molecule has 0 aliphatic carbocycles. The Kier molecular flexibility index (Phi) is 3.42. The first-order valence-electron chi connectivity index (χ1n) is 7.46. The maximum atomic E-state index is 12.3. The quantitative estimate of drug-likeness (QED) is 0.708. The van der Waals surface area contributed by atoms with E-state index in [1.165, 1.54) is 0 Å². The molecule has 0 spiro atoms. The minimum absolute atomic E-state index is 0.101. The van der Waals surface area contributed by atoms with E-state index in [9.17, 15) is 14.7 Å². The van der Waals surface area contributed by atoms with Crippen molar-refractivity contribution in [3.63, 3.8) is 0 Å². The van der Waals surface area contributed by atoms with E-state index in [0.717, 1.165) is 32.2 Å². The Balaban J connectivity index is 2.14. The normalized spacial score (nSPS) is 13.1. The van der Waals surface area contributed by atoms with Crippen LogP contribution in [0.5, 0.6) is 0 Å². The van der Waals surface area contributed by atoms with Crippen LogP contribution >= 0.6 is 15.9 Å². The van der Waals surface area contributed by atoms with Crippen molar-refractivity contribution in [2.24, 2.45) is 0 Å². The third kappa shape index (κ3) is 2.30. The molecule has 0 fully saturated rings. The molecule has 0 radical (unpaired) electrons. The zero-order valence-corrected chi connectivity index (χ0v) is 14.1. The number of rotatable bonds is 2. The largest absolute Gasteiger partial charge is 0.480 e. The third-order valence-electron chi connectivity index (χ3n) is 4.22. The maximum absolute atomic E-state index is 12.3. The fourth-order valence-corrected chi connectivity index (χ4v) is 3.70. The van der Waals surface area contributed by atoms with Gasteiger partial charge in [-0.05, 0) is 29.8 Å². The van der Waals surface area contributed by atoms with Crippen LogP contribution in [0.4, 0.5) is 5.69 Å². The van der Waals surface area contributed by atoms with Crippen molar-refractivity contribution in [2.45, 2.75) is 13.0 Å². The Labute approximate surface area is 146 Å². The van der Waals surface area contributed by atoms with Gasteiger partial charge in [0.15, 0.2) is 0 Å². The number of anilines is 1. The lowest BCUT2D eigenvalue weighted by molar-refractivity contribution is -0.137. The number of amides is 1. The highest BCUT2D eigenvalue weighted by Crippen LogP contribution is 2.40. The van der Waals surface area contributed by atoms with E-state index < -0.39 is 5.97 Å². The lowest BCUT2D eigenvalue weighted by Gasteiger charge is -2.11. The smallest absolute Gasteiger partial charge is 0.323 e. The third-order valence-corrected chi connectivity index (χ3v) is 4.71. The number of nitrogens with one attached hydrogen (secondary N) is 1. The van der Waals surface area contributed by atoms with Crippen molar-refractivity contribution >= 4 is 44.4 Å². The Morgan fingerprint density at radius 3 is 2.83 bits per heavy atom. The molecular formula is C18H13BrN2O3. The summed E-state index contributed by atoms with van der Waals surface area (Å²) in [6.45, 7) is -0.157. The molecular weight excluding hydrogens is 372 g/mol. The number of carbonyl (C=O) groups is 2. The van der Waals surface area contributed by atoms with E-state index >= 15 is 0 Å². The number of carboxylic acid groups (broad SMARTS) is 1. The summed E-state index contributed by atoms with van der Waals surface area (Å²) in [5.74, 6) is -1.02. The number of carbonyl (C=O) groups excluding carboxylic acids is 1. The van der Waals surface area contributed by atoms with Gasteiger partial charge in [0.25, 0.3) is 0 Å². The number of nitrogens with zero attached hydrogens (tertiary/aromatic N) is 1. The Morgan fingerprint density at radius 2 is 2.04 bits per heavy atom. The molecule has 1 aliphatic heterocycles. The second-order valence-corrected chi connectivity index (χ2v) is 6.65. The summed E-state index contributed by atoms with van der Waals surface area (Å²) in [6.07, 6.45) is 0.212. The molecule has 5 nitrogen and oxygen atoms in total. The summed E-state index contributed by atoms with van der Waals surface area (Å²) in [7, 11) is 0. The van der Waals surface area contributed by atoms with Gasteiger partial charge >= 0.3 is 5.97 Å². The molecule has 1 aromatic heterocycles. The first-order valence-corrected chi connectivity index (χ1v) is 8.25. The Bertz CT molecular complexity index is 1010. The number of aliphatic carboxylic acids is 1. The molecule has 1 aliphatic rings. The van der Waals surface area contributed by atoms with Gasteiger partial charge in [0.05, 0.1) is 17.8 Å². The number of para-hydroxylation sites is 1. The monoisotopic (exact) mass is 384 g/mol. The van der Waals surface area contributed by atoms with E-state index in [2.05, 4.69) is 21.2 Å². The van der Waals surface area contributed by atoms with Crippen LogP contribution < -0.4 is 5.32 Å². The lowest BCUT2D eigenvalue weighted by Crippen LogP contribution is -2.12. The molecule has 1 amide bonds. The topological polar surface area (TPSA) is 71.3 Å². The van der Waals surface area contributed by atoms with Gasteiger partial charge < -0.3 is 15.0 Å². The van der Waals surface area contributed by atoms with Gasteiger partial charge in [0.1, 0.15) is 6.54 Å². The molecule has 6 heteroatoms. The van der Waals surface area contributed by atoms with Crippen molar-refractivity contribution in [3.8, 4) is 11.3 Å². The van der Waals surface area contributed by atoms with E-state index in [4.69, 9.17) is 0 Å². The second-order valence-electron chi connectivity index (χ2n) is 5.74. The van der Waals surface area contributed by atoms with Gasteiger partial charge in [-0.15, -0.1) is 0 Å². The van der Waals surface area contributed by atoms with Crippen molar-refractivity contribution in [1.29, 1.82) is 0 Å². The van der Waals surface area contributed by atoms with E-state index in [1.54, 1.807) is 4.57 Å². The summed E-state index contributed by atoms with van der Waals surface area (Å²) in [4.78, 5) is 23.7. The first-order chi connectivity index (χ1) is 11.5. The van der Waals surface area contributed by atoms with Crippen molar-refractivity contribution in [1.82, 2.24) is 4.57 Å². The molecule has 2 N–H and O–H groups in total. The van der Waals surface area contributed by atoms with Crippen molar-refractivity contribution in [2.75, 3.05) is 5.32 Å². The van der Waals surface area contributed by atoms with Crippen LogP contribution in [0, 0.1) is 0 Å². The SMILES string of the molecule is O=C(O)Cn1c2c(c3cc(Br)ccc31)CC(=O)Nc1ccccc1-2. The summed E-state index contributed by atoms with van der Waals surface area (Å²) in [5, 5.41) is 13.2. The Morgan fingerprint density at radius 1 is 1.25 bits per heavy atom. The van der Waals surface area contributed by atoms with E-state index in [1.807, 2.05) is 42.5 Å². The average Bonchev–Trinajstić information content (AvgIpc) is 2.71. The summed E-state index contributed by atoms with van der Waals surface area (Å²) in [6, 6.07) is 13.2. The number of fused-ring (bicyclic) bond motifs is 5. The van der Waals surface area contributed by atoms with Crippen LogP contribution in [0.3, 0.4) is 0 Å². The molecule has 0 saturated heterocycles. The number of carboxylic acids is 1.